The van der Waals surface area contributed by atoms with E-state index in [1.807, 2.05) is 0 Å². The zero-order valence-electron chi connectivity index (χ0n) is 3.88. The highest BCUT2D eigenvalue weighted by Crippen LogP contribution is 2.13. The Morgan fingerprint density at radius 1 is 1.11 bits per heavy atom. The lowest BCUT2D eigenvalue weighted by molar-refractivity contribution is -0.119. The van der Waals surface area contributed by atoms with E-state index in [1.165, 1.54) is 0 Å². The van der Waals surface area contributed by atoms with Crippen molar-refractivity contribution in [2.24, 2.45) is 0 Å². The van der Waals surface area contributed by atoms with Crippen LogP contribution in [0.1, 0.15) is 0 Å². The van der Waals surface area contributed by atoms with Crippen LogP contribution in [0.2, 0.25) is 0 Å². The van der Waals surface area contributed by atoms with Gasteiger partial charge in [0.2, 0.25) is 0 Å². The summed E-state index contributed by atoms with van der Waals surface area (Å²) in [6.45, 7) is -3.55. The Morgan fingerprint density at radius 2 is 1.56 bits per heavy atom. The summed E-state index contributed by atoms with van der Waals surface area (Å²) in [5, 5.41) is 0. The zero-order valence-corrected chi connectivity index (χ0v) is 3.88. The van der Waals surface area contributed by atoms with E-state index in [0.717, 1.165) is 0 Å². The lowest BCUT2D eigenvalue weighted by atomic mass is 11.0. The van der Waals surface area contributed by atoms with Crippen molar-refractivity contribution >= 4 is 0 Å². The Labute approximate surface area is 46.7 Å². The van der Waals surface area contributed by atoms with Crippen molar-refractivity contribution in [2.75, 3.05) is 0 Å². The molecule has 6 heteroatoms. The topological polar surface area (TPSA) is 9.23 Å². The molecule has 0 spiro atoms. The molecule has 0 atom stereocenters. The molecule has 54 valence electrons. The maximum atomic E-state index is 11.2. The van der Waals surface area contributed by atoms with E-state index in [2.05, 4.69) is 4.74 Å². The Kier molecular flexibility index (Phi) is 2.97. The van der Waals surface area contributed by atoms with Gasteiger partial charge in [0.15, 0.2) is 0 Å². The first-order valence-electron chi connectivity index (χ1n) is 1.69. The fraction of sp³-hybridized carbons (Fsp3) is 0.333. The van der Waals surface area contributed by atoms with Crippen molar-refractivity contribution in [1.29, 1.82) is 0 Å². The van der Waals surface area contributed by atoms with Crippen molar-refractivity contribution < 1.29 is 26.7 Å². The van der Waals surface area contributed by atoms with Gasteiger partial charge in [0.05, 0.1) is 0 Å². The summed E-state index contributed by atoms with van der Waals surface area (Å²) in [7, 11) is 0. The first kappa shape index (κ1) is 8.19. The molecule has 0 aromatic rings. The normalized spacial score (nSPS) is 9.56. The molecule has 0 N–H and O–H groups in total. The first-order valence-corrected chi connectivity index (χ1v) is 1.69. The minimum atomic E-state index is -3.55. The van der Waals surface area contributed by atoms with E-state index >= 15 is 0 Å². The van der Waals surface area contributed by atoms with Crippen molar-refractivity contribution in [3.8, 4) is 0 Å². The monoisotopic (exact) mass is 148 g/mol. The van der Waals surface area contributed by atoms with E-state index in [0.29, 0.717) is 0 Å². The van der Waals surface area contributed by atoms with Gasteiger partial charge in [-0.05, 0) is 0 Å². The Bertz CT molecular complexity index is 115. The largest absolute Gasteiger partial charge is 0.405 e. The van der Waals surface area contributed by atoms with Crippen LogP contribution in [-0.4, -0.2) is 6.61 Å². The first-order chi connectivity index (χ1) is 4.04. The quantitative estimate of drug-likeness (QED) is 0.431. The molecule has 0 aliphatic heterocycles. The van der Waals surface area contributed by atoms with E-state index in [1.54, 1.807) is 0 Å². The van der Waals surface area contributed by atoms with Crippen LogP contribution in [0.15, 0.2) is 12.1 Å². The van der Waals surface area contributed by atoms with Crippen LogP contribution in [0, 0.1) is 0 Å². The lowest BCUT2D eigenvalue weighted by Crippen LogP contribution is -1.95. The molecule has 0 aliphatic rings. The molecule has 0 bridgehead atoms. The summed E-state index contributed by atoms with van der Waals surface area (Å²) in [6.07, 6.45) is -2.89. The summed E-state index contributed by atoms with van der Waals surface area (Å²) in [6, 6.07) is -2.54. The fourth-order valence-corrected chi connectivity index (χ4v) is 0.123. The second kappa shape index (κ2) is 3.26. The zero-order chi connectivity index (χ0) is 7.44. The Hall–Kier alpha value is -0.810. The molecule has 0 heterocycles. The maximum Gasteiger partial charge on any atom is 0.389 e. The molecular formula is C3HF5O. The van der Waals surface area contributed by atoms with E-state index in [-0.39, 0.29) is 0 Å². The average molecular weight is 148 g/mol. The van der Waals surface area contributed by atoms with Gasteiger partial charge in [-0.25, -0.2) is 0 Å². The van der Waals surface area contributed by atoms with Crippen molar-refractivity contribution in [3.63, 3.8) is 0 Å². The van der Waals surface area contributed by atoms with Gasteiger partial charge in [0.1, 0.15) is 0 Å². The molecule has 0 rings (SSSR count). The number of halogens is 5. The number of rotatable bonds is 2. The van der Waals surface area contributed by atoms with Gasteiger partial charge in [-0.1, -0.05) is 0 Å². The second-order valence-corrected chi connectivity index (χ2v) is 0.913. The minimum absolute atomic E-state index is 2.54. The second-order valence-electron chi connectivity index (χ2n) is 0.913. The summed E-state index contributed by atoms with van der Waals surface area (Å²) in [5.41, 5.74) is 0. The highest BCUT2D eigenvalue weighted by molar-refractivity contribution is 4.79. The fourth-order valence-electron chi connectivity index (χ4n) is 0.123. The maximum absolute atomic E-state index is 11.2. The molecule has 0 saturated carbocycles. The van der Waals surface area contributed by atoms with Crippen LogP contribution in [-0.2, 0) is 4.74 Å². The highest BCUT2D eigenvalue weighted by atomic mass is 19.3. The van der Waals surface area contributed by atoms with Gasteiger partial charge in [0.25, 0.3) is 0 Å². The smallest absolute Gasteiger partial charge is 0.389 e. The van der Waals surface area contributed by atoms with Crippen LogP contribution >= 0.6 is 0 Å². The molecule has 0 radical (unpaired) electrons. The molecule has 9 heavy (non-hydrogen) atoms. The molecule has 0 amide bonds. The van der Waals surface area contributed by atoms with Crippen LogP contribution in [0.3, 0.4) is 0 Å². The van der Waals surface area contributed by atoms with Gasteiger partial charge in [-0.3, -0.25) is 0 Å². The molecular weight excluding hydrogens is 147 g/mol. The number of ether oxygens (including phenoxy) is 1. The third kappa shape index (κ3) is 3.75. The van der Waals surface area contributed by atoms with Gasteiger partial charge in [-0.2, -0.15) is 22.0 Å². The predicted molar refractivity (Wildman–Crippen MR) is 17.4 cm³/mol. The van der Waals surface area contributed by atoms with Gasteiger partial charge < -0.3 is 4.74 Å². The molecule has 0 aromatic carbocycles. The average Bonchev–Trinajstić information content (AvgIpc) is 1.63. The van der Waals surface area contributed by atoms with Crippen LogP contribution in [0.25, 0.3) is 0 Å². The minimum Gasteiger partial charge on any atom is -0.405 e. The van der Waals surface area contributed by atoms with Crippen molar-refractivity contribution in [1.82, 2.24) is 0 Å². The summed E-state index contributed by atoms with van der Waals surface area (Å²) in [5.74, 6) is 0. The Morgan fingerprint density at radius 3 is 1.67 bits per heavy atom. The number of hydrogen-bond donors (Lipinski definition) is 0. The molecule has 0 fully saturated rings. The lowest BCUT2D eigenvalue weighted by Gasteiger charge is -1.96. The predicted octanol–water partition coefficient (Wildman–Crippen LogP) is 2.26. The third-order valence-electron chi connectivity index (χ3n) is 0.341. The summed E-state index contributed by atoms with van der Waals surface area (Å²) < 4.78 is 57.1. The van der Waals surface area contributed by atoms with E-state index in [9.17, 15) is 22.0 Å². The number of hydrogen-bond acceptors (Lipinski definition) is 1. The Balaban J connectivity index is 3.77. The molecule has 0 saturated heterocycles. The van der Waals surface area contributed by atoms with Gasteiger partial charge >= 0.3 is 18.7 Å². The molecule has 0 unspecified atom stereocenters. The summed E-state index contributed by atoms with van der Waals surface area (Å²) in [4.78, 5) is 0. The van der Waals surface area contributed by atoms with Gasteiger partial charge in [0, 0.05) is 0 Å². The third-order valence-corrected chi connectivity index (χ3v) is 0.341. The number of alkyl halides is 2. The summed E-state index contributed by atoms with van der Waals surface area (Å²) >= 11 is 0. The molecule has 0 aromatic heterocycles. The van der Waals surface area contributed by atoms with Crippen LogP contribution in [0.5, 0.6) is 0 Å². The SMILES string of the molecule is FC(F)=C(F)OC(F)F. The van der Waals surface area contributed by atoms with Crippen LogP contribution in [0.4, 0.5) is 22.0 Å². The highest BCUT2D eigenvalue weighted by Gasteiger charge is 2.11. The molecule has 1 nitrogen and oxygen atoms in total. The van der Waals surface area contributed by atoms with Crippen molar-refractivity contribution in [3.05, 3.63) is 12.1 Å². The van der Waals surface area contributed by atoms with Crippen molar-refractivity contribution in [2.45, 2.75) is 6.61 Å². The van der Waals surface area contributed by atoms with Gasteiger partial charge in [-0.15, -0.1) is 0 Å². The standard InChI is InChI=1S/C3HF5O/c4-1(5)2(6)9-3(7)8/h3H. The van der Waals surface area contributed by atoms with Crippen LogP contribution < -0.4 is 0 Å². The van der Waals surface area contributed by atoms with E-state index in [4.69, 9.17) is 0 Å². The molecule has 0 aliphatic carbocycles. The van der Waals surface area contributed by atoms with E-state index < -0.39 is 18.7 Å².